The van der Waals surface area contributed by atoms with Gasteiger partial charge in [0.25, 0.3) is 0 Å². The molecule has 166 valence electrons. The maximum absolute atomic E-state index is 12.4. The summed E-state index contributed by atoms with van der Waals surface area (Å²) in [6, 6.07) is 0. The molecule has 0 aliphatic carbocycles. The molecule has 0 spiro atoms. The molecule has 0 amide bonds. The first-order chi connectivity index (χ1) is 12.1. The molecule has 24 heteroatoms. The van der Waals surface area contributed by atoms with Crippen molar-refractivity contribution < 1.29 is 104 Å². The number of phosphoric acid groups is 5. The van der Waals surface area contributed by atoms with Crippen LogP contribution < -0.4 is 41.4 Å². The van der Waals surface area contributed by atoms with Crippen molar-refractivity contribution in [3.8, 4) is 0 Å². The van der Waals surface area contributed by atoms with Crippen LogP contribution in [0, 0.1) is 0 Å². The van der Waals surface area contributed by atoms with Gasteiger partial charge in [-0.25, -0.2) is 34.6 Å². The molecule has 0 heterocycles. The first-order valence-corrected chi connectivity index (χ1v) is 13.6. The quantitative estimate of drug-likeness (QED) is 0.0979. The van der Waals surface area contributed by atoms with Gasteiger partial charge in [0, 0.05) is 0 Å². The average molecular weight is 528 g/mol. The largest absolute Gasteiger partial charge is 1.00 e. The van der Waals surface area contributed by atoms with Crippen molar-refractivity contribution >= 4 is 39.1 Å². The van der Waals surface area contributed by atoms with Crippen LogP contribution in [0.5, 0.6) is 0 Å². The molecule has 0 aromatic heterocycles. The summed E-state index contributed by atoms with van der Waals surface area (Å²) in [7, 11) is -27.3. The van der Waals surface area contributed by atoms with Gasteiger partial charge in [-0.3, -0.25) is 9.05 Å². The van der Waals surface area contributed by atoms with E-state index in [1.807, 2.05) is 0 Å². The third-order valence-corrected chi connectivity index (χ3v) is 9.81. The molecule has 0 fully saturated rings. The number of rotatable bonds is 14. The Morgan fingerprint density at radius 2 is 1.07 bits per heavy atom. The number of hydrogen-bond donors (Lipinski definition) is 5. The summed E-state index contributed by atoms with van der Waals surface area (Å²) < 4.78 is 90.7. The topological polar surface area (TPSA) is 272 Å². The molecular formula is C4H18N2NaO16P5. The van der Waals surface area contributed by atoms with E-state index in [1.165, 1.54) is 6.92 Å². The average Bonchev–Trinajstić information content (AvgIpc) is 2.43. The Morgan fingerprint density at radius 3 is 1.39 bits per heavy atom. The zero-order chi connectivity index (χ0) is 21.6. The first-order valence-electron chi connectivity index (χ1n) is 6.17. The zero-order valence-corrected chi connectivity index (χ0v) is 20.9. The van der Waals surface area contributed by atoms with Crippen LogP contribution in [-0.4, -0.2) is 27.9 Å². The van der Waals surface area contributed by atoms with E-state index >= 15 is 0 Å². The molecular weight excluding hydrogens is 510 g/mol. The molecule has 18 nitrogen and oxygen atoms in total. The van der Waals surface area contributed by atoms with Crippen molar-refractivity contribution in [3.05, 3.63) is 0 Å². The van der Waals surface area contributed by atoms with Crippen LogP contribution in [0.4, 0.5) is 0 Å². The normalized spacial score (nSPS) is 19.1. The Labute approximate surface area is 181 Å². The third kappa shape index (κ3) is 12.5. The summed E-state index contributed by atoms with van der Waals surface area (Å²) in [4.78, 5) is 26.3. The van der Waals surface area contributed by atoms with Crippen molar-refractivity contribution in [2.75, 3.05) is 13.2 Å². The minimum Gasteiger partial charge on any atom is -1.00 e. The predicted octanol–water partition coefficient (Wildman–Crippen LogP) is -1.46. The first kappa shape index (κ1) is 31.8. The number of nitrogens with two attached hydrogens (primary N) is 2. The summed E-state index contributed by atoms with van der Waals surface area (Å²) in [5.74, 6) is 9.13. The predicted molar refractivity (Wildman–Crippen MR) is 83.9 cm³/mol. The van der Waals surface area contributed by atoms with E-state index in [-0.39, 0.29) is 31.0 Å². The molecule has 0 bridgehead atoms. The smallest absolute Gasteiger partial charge is 1.00 e. The fourth-order valence-electron chi connectivity index (χ4n) is 1.02. The molecule has 3 unspecified atom stereocenters. The molecule has 0 radical (unpaired) electrons. The van der Waals surface area contributed by atoms with E-state index in [0.29, 0.717) is 0 Å². The van der Waals surface area contributed by atoms with Crippen LogP contribution >= 0.6 is 39.1 Å². The Hall–Kier alpha value is 1.63. The molecule has 0 rings (SSSR count). The van der Waals surface area contributed by atoms with Gasteiger partial charge in [-0.1, -0.05) is 0 Å². The van der Waals surface area contributed by atoms with Crippen molar-refractivity contribution in [3.63, 3.8) is 0 Å². The summed E-state index contributed by atoms with van der Waals surface area (Å²) in [6.07, 6.45) is 0. The van der Waals surface area contributed by atoms with Gasteiger partial charge >= 0.3 is 68.7 Å². The van der Waals surface area contributed by atoms with E-state index in [1.54, 1.807) is 0 Å². The standard InChI is InChI=1S/C4H17N2O16P5.Na.H/c1-3-15-25(12,20-24(10,11)19-23(7,8)9)21-26(13,16-4-2)22-27(14,17-5)18-6;;/h3-6H2,1-2H3,(H,10,11)(H2,7,8,9);;/q;+1;-1. The van der Waals surface area contributed by atoms with Crippen LogP contribution in [0.2, 0.25) is 0 Å². The van der Waals surface area contributed by atoms with Crippen LogP contribution in [0.25, 0.3) is 0 Å². The molecule has 0 aromatic carbocycles. The van der Waals surface area contributed by atoms with Gasteiger partial charge in [0.05, 0.1) is 13.2 Å². The van der Waals surface area contributed by atoms with Crippen LogP contribution in [0.15, 0.2) is 0 Å². The monoisotopic (exact) mass is 528 g/mol. The maximum atomic E-state index is 12.4. The van der Waals surface area contributed by atoms with Crippen LogP contribution in [0.1, 0.15) is 15.3 Å². The van der Waals surface area contributed by atoms with Gasteiger partial charge in [-0.2, -0.15) is 26.5 Å². The minimum absolute atomic E-state index is 0. The molecule has 0 aromatic rings. The van der Waals surface area contributed by atoms with E-state index in [0.717, 1.165) is 6.92 Å². The van der Waals surface area contributed by atoms with Gasteiger partial charge in [0.1, 0.15) is 0 Å². The fourth-order valence-corrected chi connectivity index (χ4v) is 7.98. The second-order valence-electron chi connectivity index (χ2n) is 3.67. The summed E-state index contributed by atoms with van der Waals surface area (Å²) in [5, 5.41) is 0. The Balaban J connectivity index is -0.00000338. The molecule has 3 atom stereocenters. The fraction of sp³-hybridized carbons (Fsp3) is 1.00. The molecule has 0 saturated heterocycles. The van der Waals surface area contributed by atoms with Crippen LogP contribution in [0.3, 0.4) is 0 Å². The van der Waals surface area contributed by atoms with Gasteiger partial charge in [-0.15, -0.1) is 0 Å². The van der Waals surface area contributed by atoms with Gasteiger partial charge in [0.15, 0.2) is 0 Å². The Kier molecular flexibility index (Phi) is 14.3. The molecule has 0 aliphatic rings. The SMILES string of the molecule is CCOP(=O)(OP(=O)(O)OP(=O)(O)O)OP(=O)(OCC)OP(=O)(ON)ON.[H-].[Na+]. The van der Waals surface area contributed by atoms with E-state index in [2.05, 4.69) is 47.3 Å². The Morgan fingerprint density at radius 1 is 0.714 bits per heavy atom. The summed E-state index contributed by atoms with van der Waals surface area (Å²) in [5.41, 5.74) is 0. The van der Waals surface area contributed by atoms with Crippen molar-refractivity contribution in [2.24, 2.45) is 11.8 Å². The molecule has 28 heavy (non-hydrogen) atoms. The van der Waals surface area contributed by atoms with Crippen molar-refractivity contribution in [1.29, 1.82) is 0 Å². The molecule has 0 saturated carbocycles. The van der Waals surface area contributed by atoms with Crippen molar-refractivity contribution in [2.45, 2.75) is 13.8 Å². The number of hydrogen-bond acceptors (Lipinski definition) is 15. The summed E-state index contributed by atoms with van der Waals surface area (Å²) >= 11 is 0. The van der Waals surface area contributed by atoms with Gasteiger partial charge in [-0.05, 0) is 13.8 Å². The van der Waals surface area contributed by atoms with E-state index in [4.69, 9.17) is 9.79 Å². The van der Waals surface area contributed by atoms with E-state index in [9.17, 15) is 27.7 Å². The van der Waals surface area contributed by atoms with Crippen LogP contribution in [-0.2, 0) is 58.4 Å². The van der Waals surface area contributed by atoms with Gasteiger partial charge < -0.3 is 16.1 Å². The van der Waals surface area contributed by atoms with Gasteiger partial charge in [0.2, 0.25) is 0 Å². The maximum Gasteiger partial charge on any atom is 1.00 e. The van der Waals surface area contributed by atoms with E-state index < -0.39 is 52.3 Å². The van der Waals surface area contributed by atoms with Crippen molar-refractivity contribution in [1.82, 2.24) is 0 Å². The zero-order valence-electron chi connectivity index (χ0n) is 15.5. The molecule has 7 N–H and O–H groups in total. The second-order valence-corrected chi connectivity index (χ2v) is 11.8. The second kappa shape index (κ2) is 12.6. The third-order valence-electron chi connectivity index (χ3n) is 1.65. The molecule has 0 aliphatic heterocycles. The minimum atomic E-state index is -5.82. The Bertz CT molecular complexity index is 720. The summed E-state index contributed by atoms with van der Waals surface area (Å²) in [6.45, 7) is 1.21.